The number of fused-ring (bicyclic) bond motifs is 2. The molecule has 0 spiro atoms. The number of aromatic nitrogens is 3. The first kappa shape index (κ1) is 20.1. The van der Waals surface area contributed by atoms with Crippen molar-refractivity contribution in [2.75, 3.05) is 7.11 Å². The SMILES string of the molecule is C=CCn1c(=N)c(C(=O)NCc2ccc(OC)cc2)cc2c(=O)n3ccccc3nc21. The highest BCUT2D eigenvalue weighted by atomic mass is 16.5. The number of ether oxygens (including phenoxy) is 1. The van der Waals surface area contributed by atoms with E-state index in [4.69, 9.17) is 10.1 Å². The Kier molecular flexibility index (Phi) is 5.36. The second kappa shape index (κ2) is 8.27. The minimum atomic E-state index is -0.446. The third kappa shape index (κ3) is 3.71. The van der Waals surface area contributed by atoms with Crippen LogP contribution in [0.4, 0.5) is 0 Å². The normalized spacial score (nSPS) is 10.9. The monoisotopic (exact) mass is 415 g/mol. The topological polar surface area (TPSA) is 101 Å². The fraction of sp³-hybridized carbons (Fsp3) is 0.130. The molecular weight excluding hydrogens is 394 g/mol. The molecule has 2 N–H and O–H groups in total. The maximum Gasteiger partial charge on any atom is 0.267 e. The van der Waals surface area contributed by atoms with Gasteiger partial charge in [-0.2, -0.15) is 0 Å². The Morgan fingerprint density at radius 1 is 1.26 bits per heavy atom. The lowest BCUT2D eigenvalue weighted by atomic mass is 10.1. The molecule has 31 heavy (non-hydrogen) atoms. The van der Waals surface area contributed by atoms with Gasteiger partial charge in [0, 0.05) is 19.3 Å². The highest BCUT2D eigenvalue weighted by Gasteiger charge is 2.17. The van der Waals surface area contributed by atoms with E-state index in [1.165, 1.54) is 15.0 Å². The number of allylic oxidation sites excluding steroid dienone is 1. The van der Waals surface area contributed by atoms with E-state index < -0.39 is 5.91 Å². The maximum absolute atomic E-state index is 13.0. The molecule has 4 rings (SSSR count). The van der Waals surface area contributed by atoms with E-state index in [0.29, 0.717) is 11.3 Å². The number of rotatable bonds is 6. The lowest BCUT2D eigenvalue weighted by Gasteiger charge is -2.13. The van der Waals surface area contributed by atoms with Crippen LogP contribution in [0, 0.1) is 5.41 Å². The van der Waals surface area contributed by atoms with Gasteiger partial charge in [0.05, 0.1) is 18.1 Å². The lowest BCUT2D eigenvalue weighted by molar-refractivity contribution is 0.0948. The smallest absolute Gasteiger partial charge is 0.267 e. The van der Waals surface area contributed by atoms with Crippen LogP contribution in [0.5, 0.6) is 5.75 Å². The number of carbonyl (C=O) groups excluding carboxylic acids is 1. The van der Waals surface area contributed by atoms with Gasteiger partial charge in [0.2, 0.25) is 0 Å². The zero-order valence-electron chi connectivity index (χ0n) is 17.0. The van der Waals surface area contributed by atoms with Crippen molar-refractivity contribution < 1.29 is 9.53 Å². The van der Waals surface area contributed by atoms with Gasteiger partial charge in [-0.15, -0.1) is 6.58 Å². The van der Waals surface area contributed by atoms with E-state index in [2.05, 4.69) is 16.9 Å². The highest BCUT2D eigenvalue weighted by molar-refractivity contribution is 5.96. The van der Waals surface area contributed by atoms with Gasteiger partial charge in [-0.25, -0.2) is 4.98 Å². The Balaban J connectivity index is 1.78. The average molecular weight is 415 g/mol. The Hall–Kier alpha value is -4.20. The summed E-state index contributed by atoms with van der Waals surface area (Å²) in [6, 6.07) is 14.0. The summed E-state index contributed by atoms with van der Waals surface area (Å²) in [5.41, 5.74) is 1.45. The van der Waals surface area contributed by atoms with E-state index >= 15 is 0 Å². The maximum atomic E-state index is 13.0. The third-order valence-electron chi connectivity index (χ3n) is 4.99. The Morgan fingerprint density at radius 2 is 2.03 bits per heavy atom. The minimum Gasteiger partial charge on any atom is -0.497 e. The standard InChI is InChI=1S/C23H21N5O3/c1-3-11-28-20(24)17(22(29)25-14-15-7-9-16(31-2)10-8-15)13-18-21(28)26-19-6-4-5-12-27(19)23(18)30/h3-10,12-13,24H,1,11,14H2,2H3,(H,25,29). The van der Waals surface area contributed by atoms with Crippen LogP contribution in [0.2, 0.25) is 0 Å². The van der Waals surface area contributed by atoms with Crippen LogP contribution >= 0.6 is 0 Å². The number of nitrogens with one attached hydrogen (secondary N) is 2. The molecule has 0 aliphatic heterocycles. The molecule has 1 amide bonds. The van der Waals surface area contributed by atoms with Crippen molar-refractivity contribution in [2.45, 2.75) is 13.1 Å². The van der Waals surface area contributed by atoms with Crippen molar-refractivity contribution in [1.29, 1.82) is 5.41 Å². The number of hydrogen-bond donors (Lipinski definition) is 2. The van der Waals surface area contributed by atoms with Crippen molar-refractivity contribution in [2.24, 2.45) is 0 Å². The molecule has 3 aromatic heterocycles. The van der Waals surface area contributed by atoms with Crippen LogP contribution in [-0.2, 0) is 13.1 Å². The predicted octanol–water partition coefficient (Wildman–Crippen LogP) is 2.25. The van der Waals surface area contributed by atoms with Gasteiger partial charge in [0.1, 0.15) is 22.5 Å². The molecular formula is C23H21N5O3. The summed E-state index contributed by atoms with van der Waals surface area (Å²) in [4.78, 5) is 30.5. The van der Waals surface area contributed by atoms with Crippen LogP contribution in [0.3, 0.4) is 0 Å². The third-order valence-corrected chi connectivity index (χ3v) is 4.99. The molecule has 8 heteroatoms. The number of pyridine rings is 2. The van der Waals surface area contributed by atoms with Gasteiger partial charge in [0.15, 0.2) is 0 Å². The van der Waals surface area contributed by atoms with Gasteiger partial charge in [-0.1, -0.05) is 24.3 Å². The second-order valence-electron chi connectivity index (χ2n) is 6.92. The lowest BCUT2D eigenvalue weighted by Crippen LogP contribution is -2.34. The van der Waals surface area contributed by atoms with Crippen LogP contribution in [0.15, 0.2) is 72.2 Å². The van der Waals surface area contributed by atoms with Gasteiger partial charge in [-0.3, -0.25) is 19.4 Å². The van der Waals surface area contributed by atoms with E-state index in [1.807, 2.05) is 24.3 Å². The molecule has 0 unspecified atom stereocenters. The minimum absolute atomic E-state index is 0.0354. The summed E-state index contributed by atoms with van der Waals surface area (Å²) in [5.74, 6) is 0.279. The molecule has 8 nitrogen and oxygen atoms in total. The van der Waals surface area contributed by atoms with Crippen molar-refractivity contribution in [1.82, 2.24) is 19.3 Å². The number of benzene rings is 1. The van der Waals surface area contributed by atoms with Crippen molar-refractivity contribution in [3.05, 3.63) is 94.4 Å². The van der Waals surface area contributed by atoms with E-state index in [0.717, 1.165) is 11.3 Å². The fourth-order valence-electron chi connectivity index (χ4n) is 3.39. The Bertz CT molecular complexity index is 1420. The van der Waals surface area contributed by atoms with Crippen molar-refractivity contribution in [3.8, 4) is 5.75 Å². The predicted molar refractivity (Wildman–Crippen MR) is 117 cm³/mol. The van der Waals surface area contributed by atoms with Gasteiger partial charge >= 0.3 is 0 Å². The first-order chi connectivity index (χ1) is 15.0. The largest absolute Gasteiger partial charge is 0.497 e. The van der Waals surface area contributed by atoms with Crippen molar-refractivity contribution in [3.63, 3.8) is 0 Å². The second-order valence-corrected chi connectivity index (χ2v) is 6.92. The Labute approximate surface area is 177 Å². The molecule has 3 heterocycles. The zero-order valence-corrected chi connectivity index (χ0v) is 17.0. The van der Waals surface area contributed by atoms with Crippen LogP contribution in [0.25, 0.3) is 16.7 Å². The average Bonchev–Trinajstić information content (AvgIpc) is 2.80. The molecule has 0 saturated carbocycles. The van der Waals surface area contributed by atoms with Gasteiger partial charge in [-0.05, 0) is 35.9 Å². The number of hydrogen-bond acceptors (Lipinski definition) is 5. The zero-order chi connectivity index (χ0) is 22.0. The van der Waals surface area contributed by atoms with Crippen LogP contribution in [-0.4, -0.2) is 27.0 Å². The molecule has 4 aromatic rings. The van der Waals surface area contributed by atoms with Crippen LogP contribution in [0.1, 0.15) is 15.9 Å². The summed E-state index contributed by atoms with van der Waals surface area (Å²) in [7, 11) is 1.59. The summed E-state index contributed by atoms with van der Waals surface area (Å²) in [6.45, 7) is 4.24. The Morgan fingerprint density at radius 3 is 2.74 bits per heavy atom. The van der Waals surface area contributed by atoms with Gasteiger partial charge in [0.25, 0.3) is 11.5 Å². The van der Waals surface area contributed by atoms with Crippen molar-refractivity contribution >= 4 is 22.6 Å². The fourth-order valence-corrected chi connectivity index (χ4v) is 3.39. The molecule has 0 saturated heterocycles. The molecule has 0 radical (unpaired) electrons. The number of nitrogens with zero attached hydrogens (tertiary/aromatic N) is 3. The number of amides is 1. The number of methoxy groups -OCH3 is 1. The molecule has 0 bridgehead atoms. The molecule has 156 valence electrons. The number of carbonyl (C=O) groups is 1. The summed E-state index contributed by atoms with van der Waals surface area (Å²) >= 11 is 0. The van der Waals surface area contributed by atoms with E-state index in [1.54, 1.807) is 37.6 Å². The molecule has 0 fully saturated rings. The van der Waals surface area contributed by atoms with Gasteiger partial charge < -0.3 is 14.6 Å². The molecule has 0 atom stereocenters. The van der Waals surface area contributed by atoms with E-state index in [9.17, 15) is 9.59 Å². The van der Waals surface area contributed by atoms with E-state index in [-0.39, 0.29) is 35.1 Å². The first-order valence-corrected chi connectivity index (χ1v) is 9.65. The molecule has 0 aliphatic rings. The highest BCUT2D eigenvalue weighted by Crippen LogP contribution is 2.12. The summed E-state index contributed by atoms with van der Waals surface area (Å²) < 4.78 is 8.07. The molecule has 1 aromatic carbocycles. The summed E-state index contributed by atoms with van der Waals surface area (Å²) in [6.07, 6.45) is 3.23. The van der Waals surface area contributed by atoms with Crippen LogP contribution < -0.4 is 21.1 Å². The first-order valence-electron chi connectivity index (χ1n) is 9.65. The molecule has 0 aliphatic carbocycles. The quantitative estimate of drug-likeness (QED) is 0.373. The summed E-state index contributed by atoms with van der Waals surface area (Å²) in [5, 5.41) is 11.6.